The van der Waals surface area contributed by atoms with Gasteiger partial charge in [-0.05, 0) is 18.1 Å². The molecule has 1 atom stereocenters. The maximum atomic E-state index is 11.6. The molecule has 0 aromatic heterocycles. The van der Waals surface area contributed by atoms with E-state index in [-0.39, 0.29) is 6.54 Å². The normalized spacial score (nSPS) is 11.7. The molecule has 0 saturated carbocycles. The molecule has 0 aliphatic rings. The van der Waals surface area contributed by atoms with Crippen molar-refractivity contribution < 1.29 is 14.7 Å². The molecule has 1 unspecified atom stereocenters. The number of nitrogens with one attached hydrogen (secondary N) is 2. The summed E-state index contributed by atoms with van der Waals surface area (Å²) in [5.41, 5.74) is 0.813. The van der Waals surface area contributed by atoms with Crippen LogP contribution in [0.25, 0.3) is 0 Å². The van der Waals surface area contributed by atoms with E-state index in [0.717, 1.165) is 12.0 Å². The smallest absolute Gasteiger partial charge is 0.315 e. The summed E-state index contributed by atoms with van der Waals surface area (Å²) in [4.78, 5) is 22.5. The number of hydrogen-bond acceptors (Lipinski definition) is 2. The van der Waals surface area contributed by atoms with Crippen LogP contribution in [0.2, 0.25) is 5.02 Å². The molecule has 0 bridgehead atoms. The Balaban J connectivity index is 2.37. The van der Waals surface area contributed by atoms with E-state index in [1.807, 2.05) is 25.1 Å². The predicted molar refractivity (Wildman–Crippen MR) is 77.7 cm³/mol. The minimum atomic E-state index is -0.891. The van der Waals surface area contributed by atoms with Crippen molar-refractivity contribution in [2.75, 3.05) is 6.54 Å². The maximum Gasteiger partial charge on any atom is 0.315 e. The van der Waals surface area contributed by atoms with Crippen LogP contribution in [0.15, 0.2) is 24.3 Å². The fourth-order valence-electron chi connectivity index (χ4n) is 1.76. The van der Waals surface area contributed by atoms with Gasteiger partial charge in [-0.3, -0.25) is 4.79 Å². The Morgan fingerprint density at radius 2 is 2.00 bits per heavy atom. The van der Waals surface area contributed by atoms with Crippen LogP contribution >= 0.6 is 11.6 Å². The second kappa shape index (κ2) is 8.43. The summed E-state index contributed by atoms with van der Waals surface area (Å²) < 4.78 is 0. The van der Waals surface area contributed by atoms with E-state index in [1.54, 1.807) is 6.07 Å². The quantitative estimate of drug-likeness (QED) is 0.724. The number of rotatable bonds is 7. The number of benzene rings is 1. The standard InChI is InChI=1S/C14H19ClN2O3/c1-2-5-11(13(18)19)9-17-14(20)16-8-10-6-3-4-7-12(10)15/h3-4,6-7,11H,2,5,8-9H2,1H3,(H,18,19)(H2,16,17,20). The summed E-state index contributed by atoms with van der Waals surface area (Å²) >= 11 is 5.97. The molecule has 1 rings (SSSR count). The molecule has 0 fully saturated rings. The van der Waals surface area contributed by atoms with Crippen LogP contribution in [0.3, 0.4) is 0 Å². The highest BCUT2D eigenvalue weighted by Crippen LogP contribution is 2.14. The predicted octanol–water partition coefficient (Wildman–Crippen LogP) is 2.64. The van der Waals surface area contributed by atoms with Crippen molar-refractivity contribution in [3.05, 3.63) is 34.9 Å². The molecular formula is C14H19ClN2O3. The minimum Gasteiger partial charge on any atom is -0.481 e. The highest BCUT2D eigenvalue weighted by molar-refractivity contribution is 6.31. The zero-order chi connectivity index (χ0) is 15.0. The van der Waals surface area contributed by atoms with Crippen LogP contribution in [0, 0.1) is 5.92 Å². The molecule has 6 heteroatoms. The molecule has 0 heterocycles. The van der Waals surface area contributed by atoms with Gasteiger partial charge >= 0.3 is 12.0 Å². The van der Waals surface area contributed by atoms with E-state index in [4.69, 9.17) is 16.7 Å². The average molecular weight is 299 g/mol. The Kier molecular flexibility index (Phi) is 6.87. The second-order valence-corrected chi connectivity index (χ2v) is 4.89. The van der Waals surface area contributed by atoms with Crippen molar-refractivity contribution >= 4 is 23.6 Å². The van der Waals surface area contributed by atoms with Gasteiger partial charge in [0.25, 0.3) is 0 Å². The lowest BCUT2D eigenvalue weighted by atomic mass is 10.0. The van der Waals surface area contributed by atoms with Crippen molar-refractivity contribution in [3.63, 3.8) is 0 Å². The number of halogens is 1. The zero-order valence-corrected chi connectivity index (χ0v) is 12.1. The summed E-state index contributed by atoms with van der Waals surface area (Å²) in [6.07, 6.45) is 1.31. The first-order valence-electron chi connectivity index (χ1n) is 6.52. The first-order chi connectivity index (χ1) is 9.54. The Morgan fingerprint density at radius 3 is 2.60 bits per heavy atom. The van der Waals surface area contributed by atoms with Gasteiger partial charge in [0.1, 0.15) is 0 Å². The summed E-state index contributed by atoms with van der Waals surface area (Å²) in [5, 5.41) is 14.8. The van der Waals surface area contributed by atoms with Crippen LogP contribution in [-0.2, 0) is 11.3 Å². The SMILES string of the molecule is CCCC(CNC(=O)NCc1ccccc1Cl)C(=O)O. The Labute approximate surface area is 123 Å². The third kappa shape index (κ3) is 5.48. The van der Waals surface area contributed by atoms with Gasteiger partial charge < -0.3 is 15.7 Å². The fraction of sp³-hybridized carbons (Fsp3) is 0.429. The van der Waals surface area contributed by atoms with Crippen molar-refractivity contribution in [3.8, 4) is 0 Å². The van der Waals surface area contributed by atoms with E-state index in [2.05, 4.69) is 10.6 Å². The number of carboxylic acids is 1. The first-order valence-corrected chi connectivity index (χ1v) is 6.90. The maximum absolute atomic E-state index is 11.6. The molecule has 1 aromatic rings. The number of amides is 2. The zero-order valence-electron chi connectivity index (χ0n) is 11.4. The van der Waals surface area contributed by atoms with Gasteiger partial charge in [0.05, 0.1) is 5.92 Å². The van der Waals surface area contributed by atoms with Crippen LogP contribution in [0.4, 0.5) is 4.79 Å². The molecule has 0 radical (unpaired) electrons. The lowest BCUT2D eigenvalue weighted by Crippen LogP contribution is -2.39. The molecule has 110 valence electrons. The Morgan fingerprint density at radius 1 is 1.30 bits per heavy atom. The molecule has 5 nitrogen and oxygen atoms in total. The number of urea groups is 1. The van der Waals surface area contributed by atoms with Crippen molar-refractivity contribution in [1.82, 2.24) is 10.6 Å². The van der Waals surface area contributed by atoms with Gasteiger partial charge in [-0.25, -0.2) is 4.79 Å². The third-order valence-corrected chi connectivity index (χ3v) is 3.26. The van der Waals surface area contributed by atoms with Gasteiger partial charge in [0.2, 0.25) is 0 Å². The number of hydrogen-bond donors (Lipinski definition) is 3. The minimum absolute atomic E-state index is 0.123. The van der Waals surface area contributed by atoms with E-state index in [0.29, 0.717) is 18.0 Å². The highest BCUT2D eigenvalue weighted by atomic mass is 35.5. The fourth-order valence-corrected chi connectivity index (χ4v) is 1.96. The largest absolute Gasteiger partial charge is 0.481 e. The van der Waals surface area contributed by atoms with E-state index in [1.165, 1.54) is 0 Å². The van der Waals surface area contributed by atoms with Gasteiger partial charge in [-0.15, -0.1) is 0 Å². The van der Waals surface area contributed by atoms with Gasteiger partial charge in [0, 0.05) is 18.1 Å². The third-order valence-electron chi connectivity index (χ3n) is 2.89. The molecule has 1 aromatic carbocycles. The summed E-state index contributed by atoms with van der Waals surface area (Å²) in [6.45, 7) is 2.34. The lowest BCUT2D eigenvalue weighted by Gasteiger charge is -2.13. The highest BCUT2D eigenvalue weighted by Gasteiger charge is 2.16. The van der Waals surface area contributed by atoms with Crippen molar-refractivity contribution in [1.29, 1.82) is 0 Å². The first kappa shape index (κ1) is 16.3. The Hall–Kier alpha value is -1.75. The topological polar surface area (TPSA) is 78.4 Å². The van der Waals surface area contributed by atoms with E-state index in [9.17, 15) is 9.59 Å². The van der Waals surface area contributed by atoms with Gasteiger partial charge in [-0.1, -0.05) is 43.1 Å². The van der Waals surface area contributed by atoms with Gasteiger partial charge in [-0.2, -0.15) is 0 Å². The Bertz CT molecular complexity index is 465. The van der Waals surface area contributed by atoms with E-state index < -0.39 is 17.9 Å². The summed E-state index contributed by atoms with van der Waals surface area (Å²) in [7, 11) is 0. The number of carboxylic acid groups (broad SMARTS) is 1. The molecule has 0 aliphatic carbocycles. The van der Waals surface area contributed by atoms with Crippen LogP contribution in [0.1, 0.15) is 25.3 Å². The number of aliphatic carboxylic acids is 1. The van der Waals surface area contributed by atoms with Crippen LogP contribution in [0.5, 0.6) is 0 Å². The second-order valence-electron chi connectivity index (χ2n) is 4.48. The number of carbonyl (C=O) groups excluding carboxylic acids is 1. The molecular weight excluding hydrogens is 280 g/mol. The molecule has 0 aliphatic heterocycles. The summed E-state index contributed by atoms with van der Waals surface area (Å²) in [6, 6.07) is 6.82. The molecule has 20 heavy (non-hydrogen) atoms. The van der Waals surface area contributed by atoms with Crippen LogP contribution < -0.4 is 10.6 Å². The van der Waals surface area contributed by atoms with Crippen LogP contribution in [-0.4, -0.2) is 23.7 Å². The summed E-state index contributed by atoms with van der Waals surface area (Å²) in [5.74, 6) is -1.44. The average Bonchev–Trinajstić information content (AvgIpc) is 2.42. The van der Waals surface area contributed by atoms with E-state index >= 15 is 0 Å². The monoisotopic (exact) mass is 298 g/mol. The van der Waals surface area contributed by atoms with Gasteiger partial charge in [0.15, 0.2) is 0 Å². The number of carbonyl (C=O) groups is 2. The van der Waals surface area contributed by atoms with Crippen molar-refractivity contribution in [2.24, 2.45) is 5.92 Å². The molecule has 0 saturated heterocycles. The molecule has 2 amide bonds. The molecule has 0 spiro atoms. The molecule has 3 N–H and O–H groups in total. The lowest BCUT2D eigenvalue weighted by molar-refractivity contribution is -0.141. The van der Waals surface area contributed by atoms with Crippen molar-refractivity contribution in [2.45, 2.75) is 26.3 Å².